The van der Waals surface area contributed by atoms with Crippen molar-refractivity contribution >= 4 is 7.28 Å². The average molecular weight is 308 g/mol. The molecule has 3 nitrogen and oxygen atoms in total. The molecule has 0 spiro atoms. The van der Waals surface area contributed by atoms with Gasteiger partial charge in [0.1, 0.15) is 0 Å². The van der Waals surface area contributed by atoms with Gasteiger partial charge in [-0.3, -0.25) is 0 Å². The van der Waals surface area contributed by atoms with Gasteiger partial charge in [-0.2, -0.15) is 0 Å². The average Bonchev–Trinajstić information content (AvgIpc) is 2.37. The first-order chi connectivity index (χ1) is 9.35. The number of unbranched alkanes of at least 4 members (excludes halogenated alkanes) is 6. The summed E-state index contributed by atoms with van der Waals surface area (Å²) in [5.74, 6) is 0. The molecule has 0 saturated heterocycles. The van der Waals surface area contributed by atoms with Crippen molar-refractivity contribution in [3.63, 3.8) is 0 Å². The molecule has 0 bridgehead atoms. The Balaban J connectivity index is 4.51. The summed E-state index contributed by atoms with van der Waals surface area (Å²) in [6.45, 7) is 6.36. The molecule has 124 valence electrons. The quantitative estimate of drug-likeness (QED) is 0.332. The van der Waals surface area contributed by atoms with E-state index in [9.17, 15) is 14.7 Å². The third-order valence-electron chi connectivity index (χ3n) is 4.22. The molecule has 0 rings (SSSR count). The van der Waals surface area contributed by atoms with Gasteiger partial charge in [0.15, 0.2) is 0 Å². The minimum absolute atomic E-state index is 0.196. The number of hydrogen-bond acceptors (Lipinski definition) is 3. The standard InChI is InChI=1S/C16H37O3P/c1-4-7-10-11-14-16(13-9-6-3)20(17,18,19)15-12-8-5-2/h16-19H,4-15H2,1-3H3. The van der Waals surface area contributed by atoms with Crippen LogP contribution in [0.2, 0.25) is 0 Å². The molecule has 4 heteroatoms. The van der Waals surface area contributed by atoms with Crippen LogP contribution in [0.1, 0.15) is 91.4 Å². The van der Waals surface area contributed by atoms with E-state index in [4.69, 9.17) is 0 Å². The number of hydrogen-bond donors (Lipinski definition) is 3. The Morgan fingerprint density at radius 1 is 0.650 bits per heavy atom. The van der Waals surface area contributed by atoms with E-state index in [0.717, 1.165) is 57.8 Å². The van der Waals surface area contributed by atoms with Crippen LogP contribution in [0.3, 0.4) is 0 Å². The molecule has 0 aromatic carbocycles. The summed E-state index contributed by atoms with van der Waals surface area (Å²) in [5, 5.41) is 0. The molecule has 0 aromatic rings. The first kappa shape index (κ1) is 20.3. The van der Waals surface area contributed by atoms with Crippen LogP contribution in [0.15, 0.2) is 0 Å². The van der Waals surface area contributed by atoms with Gasteiger partial charge in [-0.25, -0.2) is 0 Å². The maximum absolute atomic E-state index is 10.5. The summed E-state index contributed by atoms with van der Waals surface area (Å²) < 4.78 is 0. The fourth-order valence-electron chi connectivity index (χ4n) is 2.77. The van der Waals surface area contributed by atoms with Gasteiger partial charge in [0, 0.05) is 0 Å². The molecule has 0 aliphatic rings. The second-order valence-corrected chi connectivity index (χ2v) is 9.92. The molecule has 0 amide bonds. The van der Waals surface area contributed by atoms with Crippen molar-refractivity contribution < 1.29 is 14.7 Å². The fourth-order valence-corrected chi connectivity index (χ4v) is 5.39. The second-order valence-electron chi connectivity index (χ2n) is 6.30. The summed E-state index contributed by atoms with van der Waals surface area (Å²) in [5.41, 5.74) is -0.297. The molecule has 0 aliphatic heterocycles. The van der Waals surface area contributed by atoms with E-state index in [1.165, 1.54) is 12.8 Å². The summed E-state index contributed by atoms with van der Waals surface area (Å²) in [4.78, 5) is 31.5. The second kappa shape index (κ2) is 10.1. The Kier molecular flexibility index (Phi) is 10.3. The molecule has 1 unspecified atom stereocenters. The van der Waals surface area contributed by atoms with Crippen molar-refractivity contribution in [3.8, 4) is 0 Å². The van der Waals surface area contributed by atoms with Gasteiger partial charge in [0.05, 0.1) is 0 Å². The SMILES string of the molecule is CCCCCCC(CCCC)P(O)(O)(O)CCCCC. The Hall–Kier alpha value is 0.310. The van der Waals surface area contributed by atoms with E-state index in [0.29, 0.717) is 0 Å². The molecular weight excluding hydrogens is 271 g/mol. The fraction of sp³-hybridized carbons (Fsp3) is 1.00. The van der Waals surface area contributed by atoms with E-state index >= 15 is 0 Å². The van der Waals surface area contributed by atoms with Gasteiger partial charge >= 0.3 is 125 Å². The van der Waals surface area contributed by atoms with Crippen LogP contribution in [0, 0.1) is 0 Å². The van der Waals surface area contributed by atoms with Crippen LogP contribution in [0.25, 0.3) is 0 Å². The Labute approximate surface area is 126 Å². The van der Waals surface area contributed by atoms with E-state index in [1.807, 2.05) is 0 Å². The van der Waals surface area contributed by atoms with Crippen LogP contribution in [-0.4, -0.2) is 26.5 Å². The van der Waals surface area contributed by atoms with Crippen molar-refractivity contribution in [1.82, 2.24) is 0 Å². The zero-order valence-corrected chi connectivity index (χ0v) is 14.7. The van der Waals surface area contributed by atoms with E-state index < -0.39 is 7.28 Å². The zero-order valence-electron chi connectivity index (χ0n) is 13.9. The molecule has 3 N–H and O–H groups in total. The normalized spacial score (nSPS) is 15.8. The molecule has 0 radical (unpaired) electrons. The Bertz CT molecular complexity index is 236. The third-order valence-corrected chi connectivity index (χ3v) is 7.41. The molecule has 0 heterocycles. The molecule has 0 aromatic heterocycles. The van der Waals surface area contributed by atoms with E-state index in [2.05, 4.69) is 20.8 Å². The van der Waals surface area contributed by atoms with E-state index in [1.54, 1.807) is 0 Å². The van der Waals surface area contributed by atoms with Crippen LogP contribution < -0.4 is 0 Å². The Morgan fingerprint density at radius 3 is 1.70 bits per heavy atom. The minimum atomic E-state index is -4.44. The maximum atomic E-state index is 10.5. The first-order valence-electron chi connectivity index (χ1n) is 8.61. The van der Waals surface area contributed by atoms with Crippen LogP contribution in [0.4, 0.5) is 0 Å². The number of rotatable bonds is 13. The summed E-state index contributed by atoms with van der Waals surface area (Å²) in [6, 6.07) is 0. The van der Waals surface area contributed by atoms with Crippen LogP contribution >= 0.6 is 7.28 Å². The van der Waals surface area contributed by atoms with Gasteiger partial charge in [-0.05, 0) is 0 Å². The van der Waals surface area contributed by atoms with Crippen LogP contribution in [-0.2, 0) is 0 Å². The van der Waals surface area contributed by atoms with Gasteiger partial charge in [0.25, 0.3) is 0 Å². The van der Waals surface area contributed by atoms with Crippen molar-refractivity contribution in [2.24, 2.45) is 0 Å². The third kappa shape index (κ3) is 8.56. The molecule has 0 saturated carbocycles. The predicted molar refractivity (Wildman–Crippen MR) is 90.0 cm³/mol. The monoisotopic (exact) mass is 308 g/mol. The van der Waals surface area contributed by atoms with Gasteiger partial charge < -0.3 is 0 Å². The molecule has 20 heavy (non-hydrogen) atoms. The molecule has 0 fully saturated rings. The van der Waals surface area contributed by atoms with Crippen molar-refractivity contribution in [3.05, 3.63) is 0 Å². The van der Waals surface area contributed by atoms with Crippen molar-refractivity contribution in [2.75, 3.05) is 6.16 Å². The van der Waals surface area contributed by atoms with Gasteiger partial charge in [0.2, 0.25) is 0 Å². The molecular formula is C16H37O3P. The predicted octanol–water partition coefficient (Wildman–Crippen LogP) is 4.98. The van der Waals surface area contributed by atoms with Gasteiger partial charge in [-0.15, -0.1) is 0 Å². The summed E-state index contributed by atoms with van der Waals surface area (Å²) >= 11 is 0. The van der Waals surface area contributed by atoms with Crippen molar-refractivity contribution in [2.45, 2.75) is 97.1 Å². The molecule has 0 aliphatic carbocycles. The Morgan fingerprint density at radius 2 is 1.15 bits per heavy atom. The van der Waals surface area contributed by atoms with E-state index in [-0.39, 0.29) is 11.8 Å². The van der Waals surface area contributed by atoms with Crippen molar-refractivity contribution in [1.29, 1.82) is 0 Å². The topological polar surface area (TPSA) is 60.7 Å². The summed E-state index contributed by atoms with van der Waals surface area (Å²) in [6.07, 6.45) is 10.9. The zero-order chi connectivity index (χ0) is 15.5. The molecule has 1 atom stereocenters. The summed E-state index contributed by atoms with van der Waals surface area (Å²) in [7, 11) is -4.44. The first-order valence-corrected chi connectivity index (χ1v) is 11.0. The van der Waals surface area contributed by atoms with Gasteiger partial charge in [-0.1, -0.05) is 0 Å². The van der Waals surface area contributed by atoms with Crippen LogP contribution in [0.5, 0.6) is 0 Å².